The van der Waals surface area contributed by atoms with Gasteiger partial charge < -0.3 is 14.6 Å². The maximum atomic E-state index is 5.89. The van der Waals surface area contributed by atoms with Gasteiger partial charge in [0.2, 0.25) is 0 Å². The number of unbranched alkanes of at least 4 members (excludes halogenated alkanes) is 11. The average molecular weight is 346 g/mol. The smallest absolute Gasteiger partial charge is 0.334 e. The largest absolute Gasteiger partial charge is 0.395 e. The summed E-state index contributed by atoms with van der Waals surface area (Å²) in [5.74, 6) is 0. The van der Waals surface area contributed by atoms with Gasteiger partial charge in [-0.25, -0.2) is 0 Å². The van der Waals surface area contributed by atoms with Crippen molar-refractivity contribution >= 4 is 8.56 Å². The number of rotatable bonds is 18. The van der Waals surface area contributed by atoms with Crippen LogP contribution in [0, 0.1) is 0 Å². The van der Waals surface area contributed by atoms with Gasteiger partial charge in [0.1, 0.15) is 0 Å². The molecule has 0 spiro atoms. The van der Waals surface area contributed by atoms with Crippen molar-refractivity contribution in [2.45, 2.75) is 103 Å². The molecule has 0 bridgehead atoms. The molecule has 0 aromatic carbocycles. The van der Waals surface area contributed by atoms with Crippen LogP contribution in [0.25, 0.3) is 0 Å². The molecule has 0 atom stereocenters. The minimum absolute atomic E-state index is 0.787. The van der Waals surface area contributed by atoms with Gasteiger partial charge in [0, 0.05) is 13.2 Å². The highest BCUT2D eigenvalue weighted by Crippen LogP contribution is 2.19. The van der Waals surface area contributed by atoms with E-state index in [9.17, 15) is 0 Å². The van der Waals surface area contributed by atoms with Crippen LogP contribution < -0.4 is 5.73 Å². The molecule has 0 rings (SSSR count). The molecule has 4 heteroatoms. The van der Waals surface area contributed by atoms with Crippen LogP contribution in [-0.2, 0) is 8.85 Å². The molecule has 3 nitrogen and oxygen atoms in total. The molecule has 0 aliphatic carbocycles. The van der Waals surface area contributed by atoms with Crippen LogP contribution in [-0.4, -0.2) is 28.3 Å². The quantitative estimate of drug-likeness (QED) is 0.253. The van der Waals surface area contributed by atoms with Crippen LogP contribution in [0.3, 0.4) is 0 Å². The fourth-order valence-electron chi connectivity index (χ4n) is 3.15. The Labute approximate surface area is 147 Å². The van der Waals surface area contributed by atoms with Crippen molar-refractivity contribution in [3.63, 3.8) is 0 Å². The minimum Gasteiger partial charge on any atom is -0.395 e. The molecular weight excluding hydrogens is 302 g/mol. The third-order valence-electron chi connectivity index (χ3n) is 4.48. The third kappa shape index (κ3) is 15.4. The molecule has 0 fully saturated rings. The summed E-state index contributed by atoms with van der Waals surface area (Å²) in [6, 6.07) is 1.15. The van der Waals surface area contributed by atoms with Gasteiger partial charge in [-0.15, -0.1) is 0 Å². The zero-order valence-corrected chi connectivity index (χ0v) is 17.2. The third-order valence-corrected chi connectivity index (χ3v) is 7.54. The first-order valence-corrected chi connectivity index (χ1v) is 12.7. The molecule has 0 saturated heterocycles. The Morgan fingerprint density at radius 3 is 1.30 bits per heavy atom. The Balaban J connectivity index is 3.32. The van der Waals surface area contributed by atoms with Crippen molar-refractivity contribution in [3.8, 4) is 0 Å². The topological polar surface area (TPSA) is 44.5 Å². The molecule has 0 unspecified atom stereocenters. The molecule has 0 saturated carbocycles. The van der Waals surface area contributed by atoms with Gasteiger partial charge in [0.25, 0.3) is 0 Å². The van der Waals surface area contributed by atoms with Crippen molar-refractivity contribution in [1.82, 2.24) is 0 Å². The Morgan fingerprint density at radius 1 is 0.609 bits per heavy atom. The van der Waals surface area contributed by atoms with Crippen LogP contribution in [0.4, 0.5) is 0 Å². The van der Waals surface area contributed by atoms with E-state index in [0.717, 1.165) is 25.8 Å². The van der Waals surface area contributed by atoms with Crippen LogP contribution in [0.2, 0.25) is 12.6 Å². The second-order valence-corrected chi connectivity index (χ2v) is 10.1. The lowest BCUT2D eigenvalue weighted by molar-refractivity contribution is 0.188. The highest BCUT2D eigenvalue weighted by Gasteiger charge is 2.29. The van der Waals surface area contributed by atoms with Crippen molar-refractivity contribution in [2.75, 3.05) is 19.8 Å². The molecular formula is C19H43NO2Si. The van der Waals surface area contributed by atoms with Crippen LogP contribution in [0.5, 0.6) is 0 Å². The molecule has 0 aromatic heterocycles. The predicted octanol–water partition coefficient (Wildman–Crippen LogP) is 5.77. The van der Waals surface area contributed by atoms with Crippen molar-refractivity contribution in [1.29, 1.82) is 0 Å². The molecule has 23 heavy (non-hydrogen) atoms. The number of nitrogens with two attached hydrogens (primary N) is 1. The maximum Gasteiger partial charge on any atom is 0.334 e. The summed E-state index contributed by atoms with van der Waals surface area (Å²) in [6.07, 6.45) is 16.3. The maximum absolute atomic E-state index is 5.89. The van der Waals surface area contributed by atoms with Gasteiger partial charge >= 0.3 is 8.56 Å². The lowest BCUT2D eigenvalue weighted by atomic mass is 10.1. The zero-order valence-electron chi connectivity index (χ0n) is 16.2. The van der Waals surface area contributed by atoms with Crippen molar-refractivity contribution in [2.24, 2.45) is 5.73 Å². The predicted molar refractivity (Wildman–Crippen MR) is 104 cm³/mol. The second-order valence-electron chi connectivity index (χ2n) is 6.78. The fraction of sp³-hybridized carbons (Fsp3) is 1.00. The van der Waals surface area contributed by atoms with E-state index in [1.54, 1.807) is 0 Å². The van der Waals surface area contributed by atoms with E-state index in [2.05, 4.69) is 20.4 Å². The van der Waals surface area contributed by atoms with Gasteiger partial charge in [0.15, 0.2) is 0 Å². The molecule has 0 aliphatic heterocycles. The molecule has 0 aliphatic rings. The summed E-state index contributed by atoms with van der Waals surface area (Å²) >= 11 is 0. The van der Waals surface area contributed by atoms with E-state index in [1.165, 1.54) is 77.0 Å². The highest BCUT2D eigenvalue weighted by molar-refractivity contribution is 6.66. The first kappa shape index (κ1) is 23.1. The summed E-state index contributed by atoms with van der Waals surface area (Å²) < 4.78 is 11.8. The zero-order chi connectivity index (χ0) is 17.2. The molecule has 0 heterocycles. The summed E-state index contributed by atoms with van der Waals surface area (Å²) in [4.78, 5) is 0. The lowest BCUT2D eigenvalue weighted by Gasteiger charge is -2.25. The second kappa shape index (κ2) is 16.9. The summed E-state index contributed by atoms with van der Waals surface area (Å²) in [5, 5.41) is 0. The van der Waals surface area contributed by atoms with Gasteiger partial charge in [0.05, 0.1) is 0 Å². The summed E-state index contributed by atoms with van der Waals surface area (Å²) in [5.41, 5.74) is 5.50. The van der Waals surface area contributed by atoms with E-state index in [1.807, 2.05) is 0 Å². The van der Waals surface area contributed by atoms with E-state index >= 15 is 0 Å². The average Bonchev–Trinajstić information content (AvgIpc) is 2.52. The minimum atomic E-state index is -1.86. The first-order valence-electron chi connectivity index (χ1n) is 10.2. The number of hydrogen-bond donors (Lipinski definition) is 1. The van der Waals surface area contributed by atoms with E-state index < -0.39 is 8.56 Å². The van der Waals surface area contributed by atoms with Crippen LogP contribution in [0.1, 0.15) is 90.9 Å². The van der Waals surface area contributed by atoms with E-state index in [4.69, 9.17) is 14.6 Å². The van der Waals surface area contributed by atoms with Gasteiger partial charge in [-0.05, 0) is 39.4 Å². The molecule has 2 N–H and O–H groups in total. The van der Waals surface area contributed by atoms with Gasteiger partial charge in [-0.1, -0.05) is 70.6 Å². The Bertz CT molecular complexity index is 233. The molecule has 0 amide bonds. The summed E-state index contributed by atoms with van der Waals surface area (Å²) in [6.45, 7) is 8.79. The first-order chi connectivity index (χ1) is 11.2. The van der Waals surface area contributed by atoms with Gasteiger partial charge in [-0.2, -0.15) is 0 Å². The Kier molecular flexibility index (Phi) is 17.0. The Hall–Kier alpha value is 0.0969. The fourth-order valence-corrected chi connectivity index (χ4v) is 5.64. The molecule has 0 aromatic rings. The van der Waals surface area contributed by atoms with Crippen molar-refractivity contribution in [3.05, 3.63) is 0 Å². The number of hydrogen-bond acceptors (Lipinski definition) is 3. The van der Waals surface area contributed by atoms with Crippen LogP contribution >= 0.6 is 0 Å². The van der Waals surface area contributed by atoms with Gasteiger partial charge in [-0.3, -0.25) is 0 Å². The Morgan fingerprint density at radius 2 is 0.957 bits per heavy atom. The van der Waals surface area contributed by atoms with E-state index in [-0.39, 0.29) is 0 Å². The molecule has 0 radical (unpaired) electrons. The summed E-state index contributed by atoms with van der Waals surface area (Å²) in [7, 11) is -1.86. The van der Waals surface area contributed by atoms with E-state index in [0.29, 0.717) is 0 Å². The van der Waals surface area contributed by atoms with Crippen molar-refractivity contribution < 1.29 is 8.85 Å². The molecule has 140 valence electrons. The SMILES string of the molecule is CCO[Si](C)(CCCCCCCCCCCCCCN)OCC. The normalized spacial score (nSPS) is 12.0. The standard InChI is InChI=1S/C19H43NO2Si/c1-4-21-23(3,22-5-2)19-17-15-13-11-9-7-6-8-10-12-14-16-18-20/h4-20H2,1-3H3. The highest BCUT2D eigenvalue weighted by atomic mass is 28.4. The lowest BCUT2D eigenvalue weighted by Crippen LogP contribution is -2.38. The monoisotopic (exact) mass is 345 g/mol. The van der Waals surface area contributed by atoms with Crippen LogP contribution in [0.15, 0.2) is 0 Å².